The Kier molecular flexibility index (Phi) is 1.31. The zero-order valence-corrected chi connectivity index (χ0v) is 10.5. The minimum absolute atomic E-state index is 1.06. The monoisotopic (exact) mass is 226 g/mol. The van der Waals surface area contributed by atoms with Crippen molar-refractivity contribution in [3.63, 3.8) is 0 Å². The Morgan fingerprint density at radius 1 is 0.882 bits per heavy atom. The van der Waals surface area contributed by atoms with Gasteiger partial charge in [0.25, 0.3) is 0 Å². The Morgan fingerprint density at radius 3 is 2.82 bits per heavy atom. The molecule has 0 aromatic heterocycles. The van der Waals surface area contributed by atoms with Crippen LogP contribution < -0.4 is 0 Å². The smallest absolute Gasteiger partial charge is 0.0140 e. The van der Waals surface area contributed by atoms with Gasteiger partial charge in [-0.15, -0.1) is 0 Å². The van der Waals surface area contributed by atoms with Gasteiger partial charge in [-0.1, -0.05) is 18.1 Å². The van der Waals surface area contributed by atoms with Crippen molar-refractivity contribution in [3.8, 4) is 0 Å². The Bertz CT molecular complexity index is 433. The molecule has 6 aliphatic carbocycles. The van der Waals surface area contributed by atoms with E-state index in [1.54, 1.807) is 38.5 Å². The quantitative estimate of drug-likeness (QED) is 0.550. The Hall–Kier alpha value is -0.260. The van der Waals surface area contributed by atoms with E-state index in [9.17, 15) is 0 Å². The third kappa shape index (κ3) is 0.805. The molecule has 0 radical (unpaired) electrons. The molecular formula is C17H22. The van der Waals surface area contributed by atoms with Crippen LogP contribution in [0.1, 0.15) is 38.5 Å². The average Bonchev–Trinajstić information content (AvgIpc) is 3.04. The number of rotatable bonds is 0. The van der Waals surface area contributed by atoms with Crippen LogP contribution in [0, 0.1) is 53.3 Å². The highest BCUT2D eigenvalue weighted by atomic mass is 14.7. The van der Waals surface area contributed by atoms with Gasteiger partial charge in [-0.2, -0.15) is 0 Å². The fourth-order valence-electron chi connectivity index (χ4n) is 7.93. The number of allylic oxidation sites excluding steroid dienone is 2. The lowest BCUT2D eigenvalue weighted by atomic mass is 9.60. The van der Waals surface area contributed by atoms with Gasteiger partial charge in [-0.25, -0.2) is 0 Å². The van der Waals surface area contributed by atoms with Crippen LogP contribution in [-0.4, -0.2) is 0 Å². The topological polar surface area (TPSA) is 0 Å². The zero-order valence-electron chi connectivity index (χ0n) is 10.5. The first-order valence-electron chi connectivity index (χ1n) is 8.12. The van der Waals surface area contributed by atoms with Gasteiger partial charge in [0, 0.05) is 0 Å². The van der Waals surface area contributed by atoms with Crippen LogP contribution in [0.2, 0.25) is 0 Å². The summed E-state index contributed by atoms with van der Waals surface area (Å²) in [6.45, 7) is 0. The van der Waals surface area contributed by atoms with Gasteiger partial charge < -0.3 is 0 Å². The molecule has 90 valence electrons. The first-order chi connectivity index (χ1) is 8.40. The van der Waals surface area contributed by atoms with E-state index < -0.39 is 0 Å². The fraction of sp³-hybridized carbons (Fsp3) is 0.882. The molecule has 0 heterocycles. The van der Waals surface area contributed by atoms with Gasteiger partial charge in [0.1, 0.15) is 0 Å². The summed E-state index contributed by atoms with van der Waals surface area (Å²) in [5.41, 5.74) is 2.02. The molecular weight excluding hydrogens is 204 g/mol. The Balaban J connectivity index is 1.61. The second kappa shape index (κ2) is 2.53. The van der Waals surface area contributed by atoms with Crippen LogP contribution in [0.5, 0.6) is 0 Å². The number of hydrogen-bond donors (Lipinski definition) is 0. The van der Waals surface area contributed by atoms with Crippen molar-refractivity contribution in [2.45, 2.75) is 38.5 Å². The summed E-state index contributed by atoms with van der Waals surface area (Å²) in [6, 6.07) is 0. The van der Waals surface area contributed by atoms with E-state index in [2.05, 4.69) is 6.08 Å². The van der Waals surface area contributed by atoms with Crippen LogP contribution in [0.4, 0.5) is 0 Å². The maximum Gasteiger partial charge on any atom is -0.0140 e. The normalized spacial score (nSPS) is 68.7. The largest absolute Gasteiger partial charge is 0.0813 e. The zero-order chi connectivity index (χ0) is 10.7. The lowest BCUT2D eigenvalue weighted by Crippen LogP contribution is -2.38. The molecule has 0 spiro atoms. The molecule has 0 amide bonds. The molecule has 0 aromatic carbocycles. The van der Waals surface area contributed by atoms with Crippen LogP contribution in [0.25, 0.3) is 0 Å². The van der Waals surface area contributed by atoms with Crippen molar-refractivity contribution in [1.82, 2.24) is 0 Å². The molecule has 0 nitrogen and oxygen atoms in total. The molecule has 0 heteroatoms. The van der Waals surface area contributed by atoms with Crippen molar-refractivity contribution in [1.29, 1.82) is 0 Å². The van der Waals surface area contributed by atoms with Crippen LogP contribution in [-0.2, 0) is 0 Å². The lowest BCUT2D eigenvalue weighted by molar-refractivity contribution is 0.130. The molecule has 17 heavy (non-hydrogen) atoms. The van der Waals surface area contributed by atoms with Crippen molar-refractivity contribution in [3.05, 3.63) is 11.6 Å². The summed E-state index contributed by atoms with van der Waals surface area (Å²) in [6.07, 6.45) is 12.5. The molecule has 0 N–H and O–H groups in total. The van der Waals surface area contributed by atoms with Crippen molar-refractivity contribution < 1.29 is 0 Å². The molecule has 5 saturated carbocycles. The standard InChI is InChI=1S/C17H22/c1-2-9-3-8(1)4-10-7-14-15(9)12-5-11-6-13(12)16(10)17(11)14/h5,8-11,13-17H,1-4,6-7H2. The highest BCUT2D eigenvalue weighted by molar-refractivity contribution is 5.36. The SMILES string of the molecule is C1=C2C3CC1C1C4CC(CC5CCC(C5)C24)C31. The summed E-state index contributed by atoms with van der Waals surface area (Å²) in [5.74, 6) is 10.2. The van der Waals surface area contributed by atoms with Gasteiger partial charge >= 0.3 is 0 Å². The van der Waals surface area contributed by atoms with E-state index in [0.29, 0.717) is 0 Å². The summed E-state index contributed by atoms with van der Waals surface area (Å²) in [4.78, 5) is 0. The number of hydrogen-bond acceptors (Lipinski definition) is 0. The maximum atomic E-state index is 2.79. The number of fused-ring (bicyclic) bond motifs is 6. The average molecular weight is 226 g/mol. The maximum absolute atomic E-state index is 2.79. The summed E-state index contributed by atoms with van der Waals surface area (Å²) in [5, 5.41) is 0. The molecule has 6 rings (SSSR count). The predicted octanol–water partition coefficient (Wildman–Crippen LogP) is 3.88. The molecule has 9 atom stereocenters. The van der Waals surface area contributed by atoms with E-state index in [-0.39, 0.29) is 0 Å². The third-order valence-corrected chi connectivity index (χ3v) is 7.95. The van der Waals surface area contributed by atoms with Crippen molar-refractivity contribution in [2.24, 2.45) is 53.3 Å². The minimum atomic E-state index is 1.06. The Morgan fingerprint density at radius 2 is 1.82 bits per heavy atom. The predicted molar refractivity (Wildman–Crippen MR) is 67.2 cm³/mol. The van der Waals surface area contributed by atoms with Gasteiger partial charge in [-0.05, 0) is 85.4 Å². The van der Waals surface area contributed by atoms with Crippen LogP contribution in [0.3, 0.4) is 0 Å². The fourth-order valence-corrected chi connectivity index (χ4v) is 7.93. The second-order valence-corrected chi connectivity index (χ2v) is 8.19. The minimum Gasteiger partial charge on any atom is -0.0813 e. The molecule has 5 fully saturated rings. The van der Waals surface area contributed by atoms with Crippen LogP contribution in [0.15, 0.2) is 11.6 Å². The molecule has 0 saturated heterocycles. The van der Waals surface area contributed by atoms with E-state index in [0.717, 1.165) is 41.4 Å². The van der Waals surface area contributed by atoms with Crippen molar-refractivity contribution in [2.75, 3.05) is 0 Å². The summed E-state index contributed by atoms with van der Waals surface area (Å²) >= 11 is 0. The van der Waals surface area contributed by atoms with Gasteiger partial charge in [0.15, 0.2) is 0 Å². The van der Waals surface area contributed by atoms with Crippen LogP contribution >= 0.6 is 0 Å². The van der Waals surface area contributed by atoms with E-state index in [1.807, 2.05) is 5.57 Å². The highest BCUT2D eigenvalue weighted by Crippen LogP contribution is 2.74. The highest BCUT2D eigenvalue weighted by Gasteiger charge is 2.66. The van der Waals surface area contributed by atoms with E-state index in [1.165, 1.54) is 11.8 Å². The van der Waals surface area contributed by atoms with Gasteiger partial charge in [0.05, 0.1) is 0 Å². The first kappa shape index (κ1) is 8.77. The van der Waals surface area contributed by atoms with Gasteiger partial charge in [0.2, 0.25) is 0 Å². The Labute approximate surface area is 104 Å². The lowest BCUT2D eigenvalue weighted by Gasteiger charge is -2.45. The van der Waals surface area contributed by atoms with Crippen molar-refractivity contribution >= 4 is 0 Å². The molecule has 8 bridgehead atoms. The molecule has 9 unspecified atom stereocenters. The molecule has 6 aliphatic rings. The summed E-state index contributed by atoms with van der Waals surface area (Å²) < 4.78 is 0. The first-order valence-corrected chi connectivity index (χ1v) is 8.12. The second-order valence-electron chi connectivity index (χ2n) is 8.19. The van der Waals surface area contributed by atoms with E-state index in [4.69, 9.17) is 0 Å². The molecule has 0 aliphatic heterocycles. The third-order valence-electron chi connectivity index (χ3n) is 7.95. The van der Waals surface area contributed by atoms with Gasteiger partial charge in [-0.3, -0.25) is 0 Å². The molecule has 0 aromatic rings. The summed E-state index contributed by atoms with van der Waals surface area (Å²) in [7, 11) is 0. The van der Waals surface area contributed by atoms with E-state index >= 15 is 0 Å².